The molecule has 7 nitrogen and oxygen atoms in total. The Hall–Kier alpha value is -2.83. The molecule has 2 N–H and O–H groups in total. The lowest BCUT2D eigenvalue weighted by molar-refractivity contribution is -0.129. The Labute approximate surface area is 196 Å². The molecule has 9 heteroatoms. The number of fused-ring (bicyclic) bond motifs is 1. The quantitative estimate of drug-likeness (QED) is 0.585. The van der Waals surface area contributed by atoms with Gasteiger partial charge in [-0.15, -0.1) is 23.1 Å². The number of hydrogen-bond acceptors (Lipinski definition) is 6. The Bertz CT molecular complexity index is 1070. The average Bonchev–Trinajstić information content (AvgIpc) is 3.10. The van der Waals surface area contributed by atoms with Crippen molar-refractivity contribution in [2.24, 2.45) is 0 Å². The minimum absolute atomic E-state index is 0.00581. The molecular formula is C23H26N4O3S2. The second-order valence-corrected chi connectivity index (χ2v) is 10.1. The van der Waals surface area contributed by atoms with Crippen molar-refractivity contribution in [3.63, 3.8) is 0 Å². The molecule has 1 atom stereocenters. The number of thiophene rings is 1. The summed E-state index contributed by atoms with van der Waals surface area (Å²) in [4.78, 5) is 39.9. The summed E-state index contributed by atoms with van der Waals surface area (Å²) < 4.78 is 0. The number of nitrogens with zero attached hydrogens (tertiary/aromatic N) is 2. The summed E-state index contributed by atoms with van der Waals surface area (Å²) >= 11 is 2.75. The number of nitrogens with one attached hydrogen (secondary N) is 2. The van der Waals surface area contributed by atoms with E-state index in [0.29, 0.717) is 42.2 Å². The average molecular weight is 471 g/mol. The van der Waals surface area contributed by atoms with Crippen LogP contribution in [0.3, 0.4) is 0 Å². The van der Waals surface area contributed by atoms with Gasteiger partial charge in [-0.25, -0.2) is 0 Å². The zero-order valence-electron chi connectivity index (χ0n) is 18.4. The highest BCUT2D eigenvalue weighted by Crippen LogP contribution is 2.37. The molecule has 0 saturated carbocycles. The van der Waals surface area contributed by atoms with Crippen LogP contribution in [0.1, 0.15) is 49.6 Å². The maximum Gasteiger partial charge on any atom is 0.238 e. The summed E-state index contributed by atoms with van der Waals surface area (Å²) in [5.74, 6) is -0.227. The third-order valence-electron chi connectivity index (χ3n) is 5.13. The van der Waals surface area contributed by atoms with Crippen molar-refractivity contribution >= 4 is 51.5 Å². The number of nitriles is 1. The molecular weight excluding hydrogens is 444 g/mol. The van der Waals surface area contributed by atoms with Gasteiger partial charge in [0, 0.05) is 35.3 Å². The second-order valence-electron chi connectivity index (χ2n) is 7.59. The number of hydrogen-bond donors (Lipinski definition) is 2. The number of amides is 3. The van der Waals surface area contributed by atoms with E-state index in [1.54, 1.807) is 11.8 Å². The first-order valence-corrected chi connectivity index (χ1v) is 12.2. The number of anilines is 2. The highest BCUT2D eigenvalue weighted by Gasteiger charge is 2.27. The van der Waals surface area contributed by atoms with Crippen LogP contribution in [0.2, 0.25) is 0 Å². The normalized spacial score (nSPS) is 13.6. The van der Waals surface area contributed by atoms with Gasteiger partial charge in [-0.1, -0.05) is 13.0 Å². The lowest BCUT2D eigenvalue weighted by atomic mass is 10.0. The van der Waals surface area contributed by atoms with Crippen LogP contribution in [0, 0.1) is 11.3 Å². The van der Waals surface area contributed by atoms with Gasteiger partial charge in [0.1, 0.15) is 11.1 Å². The van der Waals surface area contributed by atoms with Crippen LogP contribution in [0.15, 0.2) is 29.2 Å². The van der Waals surface area contributed by atoms with Gasteiger partial charge in [0.15, 0.2) is 0 Å². The highest BCUT2D eigenvalue weighted by molar-refractivity contribution is 8.00. The van der Waals surface area contributed by atoms with Crippen LogP contribution >= 0.6 is 23.1 Å². The zero-order valence-corrected chi connectivity index (χ0v) is 20.0. The first-order valence-electron chi connectivity index (χ1n) is 10.5. The van der Waals surface area contributed by atoms with E-state index in [1.165, 1.54) is 30.0 Å². The summed E-state index contributed by atoms with van der Waals surface area (Å²) in [6, 6.07) is 9.63. The predicted octanol–water partition coefficient (Wildman–Crippen LogP) is 4.38. The molecule has 3 amide bonds. The van der Waals surface area contributed by atoms with Crippen LogP contribution in [0.5, 0.6) is 0 Å². The Morgan fingerprint density at radius 1 is 1.31 bits per heavy atom. The molecule has 1 aromatic carbocycles. The van der Waals surface area contributed by atoms with Gasteiger partial charge in [0.25, 0.3) is 0 Å². The lowest BCUT2D eigenvalue weighted by Gasteiger charge is -2.25. The van der Waals surface area contributed by atoms with E-state index in [2.05, 4.69) is 16.7 Å². The van der Waals surface area contributed by atoms with Crippen molar-refractivity contribution in [2.75, 3.05) is 17.2 Å². The molecule has 0 aliphatic carbocycles. The second kappa shape index (κ2) is 10.7. The van der Waals surface area contributed by atoms with Crippen molar-refractivity contribution in [2.45, 2.75) is 56.7 Å². The summed E-state index contributed by atoms with van der Waals surface area (Å²) in [5.41, 5.74) is 2.13. The molecule has 2 heterocycles. The number of carbonyl (C=O) groups is 3. The molecule has 1 aliphatic rings. The Balaban J connectivity index is 1.67. The van der Waals surface area contributed by atoms with Crippen LogP contribution in [-0.4, -0.2) is 34.4 Å². The fraction of sp³-hybridized carbons (Fsp3) is 0.391. The Morgan fingerprint density at radius 2 is 2.09 bits per heavy atom. The molecule has 1 unspecified atom stereocenters. The third kappa shape index (κ3) is 5.69. The van der Waals surface area contributed by atoms with Crippen LogP contribution < -0.4 is 10.6 Å². The minimum atomic E-state index is -0.406. The minimum Gasteiger partial charge on any atom is -0.337 e. The van der Waals surface area contributed by atoms with Gasteiger partial charge in [-0.2, -0.15) is 5.26 Å². The summed E-state index contributed by atoms with van der Waals surface area (Å²) in [6.07, 6.45) is 1.86. The SMILES string of the molecule is CCCC(=O)Nc1cccc(SC(C)C(=O)Nc2sc3c(c2C#N)CCN(C(C)=O)C3)c1. The molecule has 1 aromatic heterocycles. The molecule has 0 radical (unpaired) electrons. The molecule has 0 saturated heterocycles. The van der Waals surface area contributed by atoms with E-state index >= 15 is 0 Å². The van der Waals surface area contributed by atoms with Gasteiger partial charge in [-0.05, 0) is 43.5 Å². The van der Waals surface area contributed by atoms with E-state index in [4.69, 9.17) is 0 Å². The van der Waals surface area contributed by atoms with E-state index in [1.807, 2.05) is 31.2 Å². The molecule has 1 aliphatic heterocycles. The fourth-order valence-electron chi connectivity index (χ4n) is 3.45. The molecule has 0 spiro atoms. The lowest BCUT2D eigenvalue weighted by Crippen LogP contribution is -2.33. The van der Waals surface area contributed by atoms with Crippen LogP contribution in [-0.2, 0) is 27.3 Å². The van der Waals surface area contributed by atoms with Crippen molar-refractivity contribution in [3.05, 3.63) is 40.3 Å². The van der Waals surface area contributed by atoms with E-state index in [0.717, 1.165) is 21.8 Å². The largest absolute Gasteiger partial charge is 0.337 e. The standard InChI is InChI=1S/C23H26N4O3S2/c1-4-6-21(29)25-16-7-5-8-17(11-16)31-14(2)22(30)26-23-19(12-24)18-9-10-27(15(3)28)13-20(18)32-23/h5,7-8,11,14H,4,6,9-10,13H2,1-3H3,(H,25,29)(H,26,30). The van der Waals surface area contributed by atoms with Gasteiger partial charge < -0.3 is 15.5 Å². The zero-order chi connectivity index (χ0) is 23.3. The van der Waals surface area contributed by atoms with Gasteiger partial charge >= 0.3 is 0 Å². The maximum absolute atomic E-state index is 12.8. The smallest absolute Gasteiger partial charge is 0.238 e. The number of carbonyl (C=O) groups excluding carboxylic acids is 3. The number of thioether (sulfide) groups is 1. The van der Waals surface area contributed by atoms with E-state index < -0.39 is 5.25 Å². The monoisotopic (exact) mass is 470 g/mol. The van der Waals surface area contributed by atoms with Crippen LogP contribution in [0.25, 0.3) is 0 Å². The third-order valence-corrected chi connectivity index (χ3v) is 7.35. The number of rotatable bonds is 7. The number of benzene rings is 1. The Morgan fingerprint density at radius 3 is 2.78 bits per heavy atom. The topological polar surface area (TPSA) is 102 Å². The summed E-state index contributed by atoms with van der Waals surface area (Å²) in [5, 5.41) is 15.6. The first kappa shape index (κ1) is 23.8. The molecule has 3 rings (SSSR count). The maximum atomic E-state index is 12.8. The van der Waals surface area contributed by atoms with Crippen molar-refractivity contribution in [1.29, 1.82) is 5.26 Å². The van der Waals surface area contributed by atoms with Crippen molar-refractivity contribution in [3.8, 4) is 6.07 Å². The van der Waals surface area contributed by atoms with Gasteiger partial charge in [0.05, 0.1) is 17.4 Å². The van der Waals surface area contributed by atoms with Crippen molar-refractivity contribution in [1.82, 2.24) is 4.90 Å². The molecule has 168 valence electrons. The highest BCUT2D eigenvalue weighted by atomic mass is 32.2. The Kier molecular flexibility index (Phi) is 7.94. The van der Waals surface area contributed by atoms with Crippen molar-refractivity contribution < 1.29 is 14.4 Å². The fourth-order valence-corrected chi connectivity index (χ4v) is 5.59. The van der Waals surface area contributed by atoms with E-state index in [9.17, 15) is 19.6 Å². The molecule has 2 aromatic rings. The first-order chi connectivity index (χ1) is 15.3. The van der Waals surface area contributed by atoms with Crippen LogP contribution in [0.4, 0.5) is 10.7 Å². The van der Waals surface area contributed by atoms with Gasteiger partial charge in [-0.3, -0.25) is 14.4 Å². The van der Waals surface area contributed by atoms with E-state index in [-0.39, 0.29) is 17.7 Å². The predicted molar refractivity (Wildman–Crippen MR) is 128 cm³/mol. The molecule has 0 fully saturated rings. The summed E-state index contributed by atoms with van der Waals surface area (Å²) in [7, 11) is 0. The summed E-state index contributed by atoms with van der Waals surface area (Å²) in [6.45, 7) is 6.35. The molecule has 32 heavy (non-hydrogen) atoms. The van der Waals surface area contributed by atoms with Gasteiger partial charge in [0.2, 0.25) is 17.7 Å². The molecule has 0 bridgehead atoms.